The van der Waals surface area contributed by atoms with Crippen LogP contribution in [-0.4, -0.2) is 40.5 Å². The Hall–Kier alpha value is -1.60. The van der Waals surface area contributed by atoms with E-state index in [4.69, 9.17) is 11.5 Å². The molecule has 0 aromatic heterocycles. The Morgan fingerprint density at radius 1 is 1.42 bits per heavy atom. The van der Waals surface area contributed by atoms with Gasteiger partial charge in [-0.3, -0.25) is 9.59 Å². The normalized spacial score (nSPS) is 22.5. The summed E-state index contributed by atoms with van der Waals surface area (Å²) in [5, 5.41) is 9.59. The summed E-state index contributed by atoms with van der Waals surface area (Å²) >= 11 is 3.25. The van der Waals surface area contributed by atoms with Crippen molar-refractivity contribution in [2.24, 2.45) is 5.73 Å². The third-order valence-corrected chi connectivity index (χ3v) is 3.61. The molecule has 1 aliphatic heterocycles. The zero-order chi connectivity index (χ0) is 14.2. The van der Waals surface area contributed by atoms with Gasteiger partial charge in [0.15, 0.2) is 0 Å². The van der Waals surface area contributed by atoms with E-state index in [9.17, 15) is 14.7 Å². The van der Waals surface area contributed by atoms with Crippen LogP contribution < -0.4 is 11.5 Å². The fraction of sp³-hybridized carbons (Fsp3) is 0.333. The number of benzene rings is 1. The molecule has 7 heteroatoms. The Labute approximate surface area is 118 Å². The molecule has 1 aromatic rings. The largest absolute Gasteiger partial charge is 0.398 e. The number of nitrogen functional groups attached to an aromatic ring is 1. The van der Waals surface area contributed by atoms with Crippen LogP contribution in [0.25, 0.3) is 0 Å². The number of aliphatic hydroxyl groups excluding tert-OH is 1. The van der Waals surface area contributed by atoms with Crippen molar-refractivity contribution in [3.8, 4) is 0 Å². The molecule has 0 saturated carbocycles. The van der Waals surface area contributed by atoms with Crippen molar-refractivity contribution in [1.82, 2.24) is 4.90 Å². The summed E-state index contributed by atoms with van der Waals surface area (Å²) in [4.78, 5) is 24.9. The minimum atomic E-state index is -0.787. The van der Waals surface area contributed by atoms with Gasteiger partial charge in [0.2, 0.25) is 5.91 Å². The first-order valence-corrected chi connectivity index (χ1v) is 6.53. The monoisotopic (exact) mass is 327 g/mol. The standard InChI is InChI=1S/C12H14BrN3O3/c13-6-1-2-8(9(14)3-6)12(19)16-5-7(17)4-10(16)11(15)18/h1-3,7,10,17H,4-5,14H2,(H2,15,18). The van der Waals surface area contributed by atoms with Gasteiger partial charge in [-0.2, -0.15) is 0 Å². The molecule has 2 unspecified atom stereocenters. The number of nitrogens with two attached hydrogens (primary N) is 2. The lowest BCUT2D eigenvalue weighted by Gasteiger charge is -2.22. The molecular weight excluding hydrogens is 314 g/mol. The van der Waals surface area contributed by atoms with Gasteiger partial charge in [0, 0.05) is 23.1 Å². The molecule has 2 atom stereocenters. The summed E-state index contributed by atoms with van der Waals surface area (Å²) in [6, 6.07) is 4.09. The summed E-state index contributed by atoms with van der Waals surface area (Å²) in [7, 11) is 0. The highest BCUT2D eigenvalue weighted by molar-refractivity contribution is 9.10. The van der Waals surface area contributed by atoms with Crippen LogP contribution in [0.1, 0.15) is 16.8 Å². The second-order valence-corrected chi connectivity index (χ2v) is 5.41. The lowest BCUT2D eigenvalue weighted by atomic mass is 10.1. The molecule has 0 spiro atoms. The fourth-order valence-corrected chi connectivity index (χ4v) is 2.57. The molecular formula is C12H14BrN3O3. The summed E-state index contributed by atoms with van der Waals surface area (Å²) in [6.07, 6.45) is -0.574. The molecule has 5 N–H and O–H groups in total. The van der Waals surface area contributed by atoms with E-state index < -0.39 is 24.0 Å². The Bertz CT molecular complexity index is 535. The third-order valence-electron chi connectivity index (χ3n) is 3.11. The predicted octanol–water partition coefficient (Wildman–Crippen LogP) is 0.0920. The number of carbonyl (C=O) groups excluding carboxylic acids is 2. The smallest absolute Gasteiger partial charge is 0.256 e. The first-order chi connectivity index (χ1) is 8.90. The van der Waals surface area contributed by atoms with Crippen LogP contribution >= 0.6 is 15.9 Å². The molecule has 0 radical (unpaired) electrons. The lowest BCUT2D eigenvalue weighted by molar-refractivity contribution is -0.121. The zero-order valence-corrected chi connectivity index (χ0v) is 11.6. The number of likely N-dealkylation sites (tertiary alicyclic amines) is 1. The van der Waals surface area contributed by atoms with Crippen LogP contribution in [0.2, 0.25) is 0 Å². The highest BCUT2D eigenvalue weighted by Crippen LogP contribution is 2.24. The summed E-state index contributed by atoms with van der Waals surface area (Å²) in [5.41, 5.74) is 11.6. The van der Waals surface area contributed by atoms with Crippen LogP contribution in [0, 0.1) is 0 Å². The molecule has 19 heavy (non-hydrogen) atoms. The Balaban J connectivity index is 2.30. The van der Waals surface area contributed by atoms with Crippen molar-refractivity contribution in [2.45, 2.75) is 18.6 Å². The van der Waals surface area contributed by atoms with E-state index in [1.165, 1.54) is 4.90 Å². The number of halogens is 1. The van der Waals surface area contributed by atoms with E-state index in [-0.39, 0.29) is 13.0 Å². The number of primary amides is 1. The van der Waals surface area contributed by atoms with Gasteiger partial charge in [-0.1, -0.05) is 15.9 Å². The number of amides is 2. The second kappa shape index (κ2) is 5.18. The number of nitrogens with zero attached hydrogens (tertiary/aromatic N) is 1. The first-order valence-electron chi connectivity index (χ1n) is 5.73. The second-order valence-electron chi connectivity index (χ2n) is 4.50. The zero-order valence-electron chi connectivity index (χ0n) is 10.0. The van der Waals surface area contributed by atoms with Gasteiger partial charge in [0.05, 0.1) is 11.7 Å². The van der Waals surface area contributed by atoms with Gasteiger partial charge in [-0.15, -0.1) is 0 Å². The molecule has 102 valence electrons. The average molecular weight is 328 g/mol. The number of hydrogen-bond donors (Lipinski definition) is 3. The molecule has 1 aromatic carbocycles. The van der Waals surface area contributed by atoms with Crippen LogP contribution in [-0.2, 0) is 4.79 Å². The molecule has 0 aliphatic carbocycles. The number of anilines is 1. The van der Waals surface area contributed by atoms with Crippen LogP contribution in [0.15, 0.2) is 22.7 Å². The van der Waals surface area contributed by atoms with Crippen LogP contribution in [0.3, 0.4) is 0 Å². The number of hydrogen-bond acceptors (Lipinski definition) is 4. The molecule has 1 aliphatic rings. The van der Waals surface area contributed by atoms with Crippen LogP contribution in [0.5, 0.6) is 0 Å². The van der Waals surface area contributed by atoms with Gasteiger partial charge in [-0.25, -0.2) is 0 Å². The molecule has 2 rings (SSSR count). The van der Waals surface area contributed by atoms with E-state index >= 15 is 0 Å². The predicted molar refractivity (Wildman–Crippen MR) is 73.2 cm³/mol. The lowest BCUT2D eigenvalue weighted by Crippen LogP contribution is -2.43. The van der Waals surface area contributed by atoms with Gasteiger partial charge >= 0.3 is 0 Å². The van der Waals surface area contributed by atoms with Crippen molar-refractivity contribution in [2.75, 3.05) is 12.3 Å². The molecule has 6 nitrogen and oxygen atoms in total. The van der Waals surface area contributed by atoms with Crippen LogP contribution in [0.4, 0.5) is 5.69 Å². The SMILES string of the molecule is NC(=O)C1CC(O)CN1C(=O)c1ccc(Br)cc1N. The van der Waals surface area contributed by atoms with E-state index in [2.05, 4.69) is 15.9 Å². The molecule has 0 bridgehead atoms. The summed E-state index contributed by atoms with van der Waals surface area (Å²) < 4.78 is 0.759. The quantitative estimate of drug-likeness (QED) is 0.669. The van der Waals surface area contributed by atoms with Gasteiger partial charge in [0.25, 0.3) is 5.91 Å². The maximum Gasteiger partial charge on any atom is 0.256 e. The molecule has 1 saturated heterocycles. The highest BCUT2D eigenvalue weighted by Gasteiger charge is 2.38. The fourth-order valence-electron chi connectivity index (χ4n) is 2.19. The Morgan fingerprint density at radius 3 is 2.68 bits per heavy atom. The van der Waals surface area contributed by atoms with Crippen molar-refractivity contribution in [1.29, 1.82) is 0 Å². The summed E-state index contributed by atoms with van der Waals surface area (Å²) in [5.74, 6) is -1.02. The van der Waals surface area contributed by atoms with E-state index in [1.807, 2.05) is 0 Å². The van der Waals surface area contributed by atoms with Crippen molar-refractivity contribution in [3.05, 3.63) is 28.2 Å². The number of β-amino-alcohol motifs (C(OH)–C–C–N with tert-alkyl or cyclic N) is 1. The third kappa shape index (κ3) is 2.71. The first kappa shape index (κ1) is 13.8. The van der Waals surface area contributed by atoms with Gasteiger partial charge in [0.1, 0.15) is 6.04 Å². The Kier molecular flexibility index (Phi) is 3.77. The Morgan fingerprint density at radius 2 is 2.11 bits per heavy atom. The molecule has 1 fully saturated rings. The number of rotatable bonds is 2. The number of aliphatic hydroxyl groups is 1. The minimum Gasteiger partial charge on any atom is -0.398 e. The van der Waals surface area contributed by atoms with Crippen molar-refractivity contribution < 1.29 is 14.7 Å². The van der Waals surface area contributed by atoms with Gasteiger partial charge < -0.3 is 21.5 Å². The highest BCUT2D eigenvalue weighted by atomic mass is 79.9. The molecule has 2 amide bonds. The molecule has 1 heterocycles. The summed E-state index contributed by atoms with van der Waals surface area (Å²) in [6.45, 7) is 0.0853. The maximum atomic E-state index is 12.4. The minimum absolute atomic E-state index is 0.0853. The average Bonchev–Trinajstić information content (AvgIpc) is 2.70. The number of carbonyl (C=O) groups is 2. The van der Waals surface area contributed by atoms with E-state index in [0.29, 0.717) is 11.3 Å². The topological polar surface area (TPSA) is 110 Å². The van der Waals surface area contributed by atoms with Crippen molar-refractivity contribution >= 4 is 33.4 Å². The maximum absolute atomic E-state index is 12.4. The van der Waals surface area contributed by atoms with Gasteiger partial charge in [-0.05, 0) is 18.2 Å². The van der Waals surface area contributed by atoms with E-state index in [0.717, 1.165) is 4.47 Å². The van der Waals surface area contributed by atoms with Crippen molar-refractivity contribution in [3.63, 3.8) is 0 Å². The van der Waals surface area contributed by atoms with E-state index in [1.54, 1.807) is 18.2 Å².